The smallest absolute Gasteiger partial charge is 0.295 e. The number of hydrogen-bond donors (Lipinski definition) is 1. The maximum atomic E-state index is 12.9. The largest absolute Gasteiger partial charge is 0.507 e. The Morgan fingerprint density at radius 1 is 1.17 bits per heavy atom. The maximum Gasteiger partial charge on any atom is 0.295 e. The van der Waals surface area contributed by atoms with Crippen LogP contribution in [0.4, 0.5) is 0 Å². The fourth-order valence-corrected chi connectivity index (χ4v) is 4.15. The van der Waals surface area contributed by atoms with Crippen LogP contribution in [0.25, 0.3) is 5.76 Å². The van der Waals surface area contributed by atoms with Gasteiger partial charge < -0.3 is 24.4 Å². The van der Waals surface area contributed by atoms with E-state index in [1.165, 1.54) is 30.5 Å². The van der Waals surface area contributed by atoms with Crippen LogP contribution in [-0.2, 0) is 9.59 Å². The number of aliphatic hydroxyl groups excluding tert-OH is 1. The number of ether oxygens (including phenoxy) is 2. The first-order valence-corrected chi connectivity index (χ1v) is 9.96. The molecule has 0 bridgehead atoms. The highest BCUT2D eigenvalue weighted by atomic mass is 32.1. The van der Waals surface area contributed by atoms with Crippen molar-refractivity contribution < 1.29 is 24.2 Å². The molecule has 1 aliphatic rings. The summed E-state index contributed by atoms with van der Waals surface area (Å²) in [4.78, 5) is 29.9. The number of benzene rings is 1. The Balaban J connectivity index is 2.11. The van der Waals surface area contributed by atoms with E-state index in [1.807, 2.05) is 36.5 Å². The van der Waals surface area contributed by atoms with E-state index >= 15 is 0 Å². The second-order valence-corrected chi connectivity index (χ2v) is 7.86. The van der Waals surface area contributed by atoms with Crippen molar-refractivity contribution in [3.63, 3.8) is 0 Å². The van der Waals surface area contributed by atoms with Gasteiger partial charge in [0.05, 0.1) is 25.8 Å². The standard InChI is InChI=1S/C21H24N2O5S/c1-22(2)9-10-23-18(16-6-5-11-29-16)17(20(25)21(23)26)19(24)13-7-8-14(27-3)15(12-13)28-4/h5-8,11-12,18,24H,9-10H2,1-4H3/t18-/m0/s1. The molecule has 1 atom stereocenters. The fourth-order valence-electron chi connectivity index (χ4n) is 3.30. The molecular weight excluding hydrogens is 392 g/mol. The first-order chi connectivity index (χ1) is 13.9. The van der Waals surface area contributed by atoms with Crippen LogP contribution >= 0.6 is 11.3 Å². The number of likely N-dealkylation sites (N-methyl/N-ethyl adjacent to an activating group) is 1. The van der Waals surface area contributed by atoms with Crippen LogP contribution in [0.1, 0.15) is 16.5 Å². The van der Waals surface area contributed by atoms with Crippen LogP contribution in [0.5, 0.6) is 11.5 Å². The van der Waals surface area contributed by atoms with Gasteiger partial charge in [-0.05, 0) is 43.7 Å². The molecule has 2 heterocycles. The number of ketones is 1. The number of rotatable bonds is 7. The third-order valence-corrected chi connectivity index (χ3v) is 5.72. The molecule has 3 rings (SSSR count). The van der Waals surface area contributed by atoms with Gasteiger partial charge in [-0.25, -0.2) is 0 Å². The van der Waals surface area contributed by atoms with Crippen LogP contribution in [0.15, 0.2) is 41.3 Å². The van der Waals surface area contributed by atoms with Gasteiger partial charge >= 0.3 is 0 Å². The molecule has 1 aliphatic heterocycles. The molecule has 1 amide bonds. The maximum absolute atomic E-state index is 12.9. The number of hydrogen-bond acceptors (Lipinski definition) is 7. The number of carbonyl (C=O) groups excluding carboxylic acids is 2. The lowest BCUT2D eigenvalue weighted by Gasteiger charge is -2.25. The summed E-state index contributed by atoms with van der Waals surface area (Å²) in [6, 6.07) is 7.98. The van der Waals surface area contributed by atoms with E-state index in [0.29, 0.717) is 30.2 Å². The minimum Gasteiger partial charge on any atom is -0.507 e. The van der Waals surface area contributed by atoms with Crippen molar-refractivity contribution >= 4 is 28.8 Å². The molecule has 0 aliphatic carbocycles. The Morgan fingerprint density at radius 3 is 2.48 bits per heavy atom. The molecule has 1 fully saturated rings. The van der Waals surface area contributed by atoms with Crippen LogP contribution in [0.3, 0.4) is 0 Å². The third-order valence-electron chi connectivity index (χ3n) is 4.80. The monoisotopic (exact) mass is 416 g/mol. The Kier molecular flexibility index (Phi) is 6.24. The number of amides is 1. The van der Waals surface area contributed by atoms with Gasteiger partial charge in [-0.1, -0.05) is 6.07 Å². The molecule has 0 spiro atoms. The number of thiophene rings is 1. The molecule has 1 aromatic carbocycles. The number of Topliss-reactive ketones (excluding diaryl/α,β-unsaturated/α-hetero) is 1. The number of nitrogens with zero attached hydrogens (tertiary/aromatic N) is 2. The van der Waals surface area contributed by atoms with Gasteiger partial charge in [-0.15, -0.1) is 11.3 Å². The minimum atomic E-state index is -0.686. The molecule has 29 heavy (non-hydrogen) atoms. The molecule has 2 aromatic rings. The van der Waals surface area contributed by atoms with Crippen molar-refractivity contribution in [3.8, 4) is 11.5 Å². The van der Waals surface area contributed by atoms with E-state index in [2.05, 4.69) is 0 Å². The summed E-state index contributed by atoms with van der Waals surface area (Å²) in [5, 5.41) is 12.9. The van der Waals surface area contributed by atoms with Crippen LogP contribution in [0.2, 0.25) is 0 Å². The highest BCUT2D eigenvalue weighted by molar-refractivity contribution is 7.10. The Labute approximate surface area is 173 Å². The number of carbonyl (C=O) groups is 2. The van der Waals surface area contributed by atoms with Gasteiger partial charge in [0.15, 0.2) is 11.5 Å². The molecule has 0 radical (unpaired) electrons. The quantitative estimate of drug-likeness (QED) is 0.425. The summed E-state index contributed by atoms with van der Waals surface area (Å²) in [6.45, 7) is 0.980. The second-order valence-electron chi connectivity index (χ2n) is 6.88. The lowest BCUT2D eigenvalue weighted by Crippen LogP contribution is -2.35. The zero-order valence-electron chi connectivity index (χ0n) is 16.8. The summed E-state index contributed by atoms with van der Waals surface area (Å²) in [7, 11) is 6.82. The van der Waals surface area contributed by atoms with Crippen LogP contribution < -0.4 is 9.47 Å². The van der Waals surface area contributed by atoms with Crippen molar-refractivity contribution in [1.82, 2.24) is 9.80 Å². The summed E-state index contributed by atoms with van der Waals surface area (Å²) in [5.41, 5.74) is 0.471. The molecule has 0 saturated carbocycles. The SMILES string of the molecule is COc1ccc(C(O)=C2C(=O)C(=O)N(CCN(C)C)[C@H]2c2cccs2)cc1OC. The molecule has 0 unspecified atom stereocenters. The Morgan fingerprint density at radius 2 is 1.90 bits per heavy atom. The average molecular weight is 416 g/mol. The number of methoxy groups -OCH3 is 2. The fraction of sp³-hybridized carbons (Fsp3) is 0.333. The molecule has 1 aromatic heterocycles. The zero-order valence-corrected chi connectivity index (χ0v) is 17.7. The van der Waals surface area contributed by atoms with Gasteiger partial charge in [0.1, 0.15) is 5.76 Å². The van der Waals surface area contributed by atoms with Gasteiger partial charge in [-0.3, -0.25) is 9.59 Å². The molecule has 1 N–H and O–H groups in total. The lowest BCUT2D eigenvalue weighted by atomic mass is 9.99. The minimum absolute atomic E-state index is 0.0865. The van der Waals surface area contributed by atoms with E-state index in [1.54, 1.807) is 18.2 Å². The van der Waals surface area contributed by atoms with E-state index in [0.717, 1.165) is 4.88 Å². The highest BCUT2D eigenvalue weighted by Gasteiger charge is 2.46. The van der Waals surface area contributed by atoms with E-state index in [9.17, 15) is 14.7 Å². The predicted molar refractivity (Wildman–Crippen MR) is 111 cm³/mol. The van der Waals surface area contributed by atoms with E-state index in [4.69, 9.17) is 9.47 Å². The van der Waals surface area contributed by atoms with Crippen molar-refractivity contribution in [2.75, 3.05) is 41.4 Å². The van der Waals surface area contributed by atoms with E-state index < -0.39 is 17.7 Å². The lowest BCUT2D eigenvalue weighted by molar-refractivity contribution is -0.140. The average Bonchev–Trinajstić information content (AvgIpc) is 3.32. The van der Waals surface area contributed by atoms with E-state index in [-0.39, 0.29) is 11.3 Å². The van der Waals surface area contributed by atoms with Gasteiger partial charge in [0.25, 0.3) is 11.7 Å². The molecular formula is C21H24N2O5S. The van der Waals surface area contributed by atoms with Crippen molar-refractivity contribution in [3.05, 3.63) is 51.7 Å². The van der Waals surface area contributed by atoms with Crippen LogP contribution in [-0.4, -0.2) is 68.0 Å². The first-order valence-electron chi connectivity index (χ1n) is 9.08. The van der Waals surface area contributed by atoms with Gasteiger partial charge in [0, 0.05) is 23.5 Å². The van der Waals surface area contributed by atoms with Crippen molar-refractivity contribution in [1.29, 1.82) is 0 Å². The molecule has 154 valence electrons. The normalized spacial score (nSPS) is 18.5. The first kappa shape index (κ1) is 20.9. The highest BCUT2D eigenvalue weighted by Crippen LogP contribution is 2.41. The van der Waals surface area contributed by atoms with Gasteiger partial charge in [0.2, 0.25) is 0 Å². The Hall–Kier alpha value is -2.84. The summed E-state index contributed by atoms with van der Waals surface area (Å²) in [5.74, 6) is -0.590. The van der Waals surface area contributed by atoms with Crippen molar-refractivity contribution in [2.45, 2.75) is 6.04 Å². The zero-order chi connectivity index (χ0) is 21.1. The molecule has 7 nitrogen and oxygen atoms in total. The summed E-state index contributed by atoms with van der Waals surface area (Å²) < 4.78 is 10.5. The topological polar surface area (TPSA) is 79.3 Å². The molecule has 1 saturated heterocycles. The van der Waals surface area contributed by atoms with Crippen LogP contribution in [0, 0.1) is 0 Å². The summed E-state index contributed by atoms with van der Waals surface area (Å²) in [6.07, 6.45) is 0. The summed E-state index contributed by atoms with van der Waals surface area (Å²) >= 11 is 1.44. The second kappa shape index (κ2) is 8.67. The number of likely N-dealkylation sites (tertiary alicyclic amines) is 1. The van der Waals surface area contributed by atoms with Crippen molar-refractivity contribution in [2.24, 2.45) is 0 Å². The number of aliphatic hydroxyl groups is 1. The third kappa shape index (κ3) is 3.99. The molecule has 8 heteroatoms. The Bertz CT molecular complexity index is 937. The van der Waals surface area contributed by atoms with Gasteiger partial charge in [-0.2, -0.15) is 0 Å². The predicted octanol–water partition coefficient (Wildman–Crippen LogP) is 2.75.